The minimum Gasteiger partial charge on any atom is -0.337 e. The van der Waals surface area contributed by atoms with Gasteiger partial charge in [-0.3, -0.25) is 9.78 Å². The molecule has 2 heterocycles. The highest BCUT2D eigenvalue weighted by atomic mass is 16.2. The third-order valence-corrected chi connectivity index (χ3v) is 6.95. The molecule has 4 heteroatoms. The summed E-state index contributed by atoms with van der Waals surface area (Å²) in [7, 11) is 1.96. The molecule has 0 saturated carbocycles. The van der Waals surface area contributed by atoms with Crippen molar-refractivity contribution in [3.05, 3.63) is 102 Å². The van der Waals surface area contributed by atoms with Crippen molar-refractivity contribution in [3.63, 3.8) is 0 Å². The lowest BCUT2D eigenvalue weighted by Gasteiger charge is -2.40. The molecule has 1 atom stereocenters. The lowest BCUT2D eigenvalue weighted by molar-refractivity contribution is 0.0584. The molecule has 2 aromatic carbocycles. The van der Waals surface area contributed by atoms with Gasteiger partial charge in [-0.1, -0.05) is 66.7 Å². The van der Waals surface area contributed by atoms with Gasteiger partial charge in [-0.25, -0.2) is 0 Å². The van der Waals surface area contributed by atoms with Crippen molar-refractivity contribution in [2.24, 2.45) is 5.92 Å². The number of hydrogen-bond acceptors (Lipinski definition) is 3. The van der Waals surface area contributed by atoms with E-state index in [9.17, 15) is 4.79 Å². The number of nitrogens with zero attached hydrogens (tertiary/aromatic N) is 3. The number of hydrogen-bond donors (Lipinski definition) is 0. The minimum absolute atomic E-state index is 0.0156. The van der Waals surface area contributed by atoms with Crippen LogP contribution >= 0.6 is 0 Å². The van der Waals surface area contributed by atoms with Crippen molar-refractivity contribution in [1.29, 1.82) is 0 Å². The van der Waals surface area contributed by atoms with Gasteiger partial charge in [0, 0.05) is 19.3 Å². The molecule has 1 amide bonds. The predicted octanol–water partition coefficient (Wildman–Crippen LogP) is 5.11. The number of aryl methyl sites for hydroxylation is 1. The zero-order chi connectivity index (χ0) is 22.9. The van der Waals surface area contributed by atoms with Crippen LogP contribution < -0.4 is 0 Å². The molecule has 172 valence electrons. The summed E-state index contributed by atoms with van der Waals surface area (Å²) in [6.07, 6.45) is 7.17. The van der Waals surface area contributed by atoms with E-state index in [1.165, 1.54) is 17.5 Å². The van der Waals surface area contributed by atoms with E-state index in [1.54, 1.807) is 6.20 Å². The summed E-state index contributed by atoms with van der Waals surface area (Å²) >= 11 is 0. The molecule has 3 aromatic rings. The predicted molar refractivity (Wildman–Crippen MR) is 134 cm³/mol. The molecule has 1 aromatic heterocycles. The molecule has 1 aliphatic heterocycles. The summed E-state index contributed by atoms with van der Waals surface area (Å²) in [6, 6.07) is 27.0. The van der Waals surface area contributed by atoms with Crippen molar-refractivity contribution in [2.75, 3.05) is 26.7 Å². The van der Waals surface area contributed by atoms with Crippen molar-refractivity contribution in [1.82, 2.24) is 14.8 Å². The molecule has 4 rings (SSSR count). The Labute approximate surface area is 198 Å². The maximum absolute atomic E-state index is 13.2. The van der Waals surface area contributed by atoms with Crippen LogP contribution in [-0.4, -0.2) is 53.4 Å². The van der Waals surface area contributed by atoms with E-state index in [1.807, 2.05) is 30.1 Å². The maximum atomic E-state index is 13.2. The number of carbonyl (C=O) groups is 1. The molecule has 1 fully saturated rings. The Balaban J connectivity index is 1.37. The van der Waals surface area contributed by atoms with E-state index in [0.29, 0.717) is 11.6 Å². The highest BCUT2D eigenvalue weighted by Crippen LogP contribution is 2.27. The van der Waals surface area contributed by atoms with E-state index >= 15 is 0 Å². The fraction of sp³-hybridized carbons (Fsp3) is 0.379. The zero-order valence-corrected chi connectivity index (χ0v) is 19.6. The molecule has 1 aliphatic rings. The molecule has 0 radical (unpaired) electrons. The van der Waals surface area contributed by atoms with Crippen molar-refractivity contribution in [3.8, 4) is 0 Å². The average molecular weight is 442 g/mol. The Morgan fingerprint density at radius 3 is 2.21 bits per heavy atom. The Kier molecular flexibility index (Phi) is 8.26. The first kappa shape index (κ1) is 23.2. The fourth-order valence-corrected chi connectivity index (χ4v) is 5.01. The SMILES string of the molecule is CN(C(=O)c1ccccn1)C(Cc1ccccc1)C1CCN(CCCc2ccccc2)CC1. The molecule has 0 N–H and O–H groups in total. The Morgan fingerprint density at radius 1 is 0.939 bits per heavy atom. The van der Waals surface area contributed by atoms with Gasteiger partial charge in [0.1, 0.15) is 5.69 Å². The van der Waals surface area contributed by atoms with Gasteiger partial charge in [-0.2, -0.15) is 0 Å². The second kappa shape index (κ2) is 11.8. The summed E-state index contributed by atoms with van der Waals surface area (Å²) in [5, 5.41) is 0. The Hall–Kier alpha value is -2.98. The van der Waals surface area contributed by atoms with Gasteiger partial charge < -0.3 is 9.80 Å². The fourth-order valence-electron chi connectivity index (χ4n) is 5.01. The number of rotatable bonds is 9. The number of amides is 1. The Morgan fingerprint density at radius 2 is 1.58 bits per heavy atom. The summed E-state index contributed by atoms with van der Waals surface area (Å²) < 4.78 is 0. The lowest BCUT2D eigenvalue weighted by Crippen LogP contribution is -2.47. The van der Waals surface area contributed by atoms with Crippen molar-refractivity contribution < 1.29 is 4.79 Å². The maximum Gasteiger partial charge on any atom is 0.272 e. The molecule has 33 heavy (non-hydrogen) atoms. The second-order valence-electron chi connectivity index (χ2n) is 9.16. The van der Waals surface area contributed by atoms with Crippen LogP contribution in [0.2, 0.25) is 0 Å². The average Bonchev–Trinajstić information content (AvgIpc) is 2.89. The third-order valence-electron chi connectivity index (χ3n) is 6.95. The quantitative estimate of drug-likeness (QED) is 0.463. The standard InChI is InChI=1S/C29H35N3O/c1-31(29(33)27-16-8-9-19-30-27)28(23-25-13-6-3-7-14-25)26-17-21-32(22-18-26)20-10-15-24-11-4-2-5-12-24/h2-9,11-14,16,19,26,28H,10,15,17-18,20-23H2,1H3. The topological polar surface area (TPSA) is 36.4 Å². The van der Waals surface area contributed by atoms with Crippen LogP contribution in [0.25, 0.3) is 0 Å². The Bertz CT molecular complexity index is 970. The van der Waals surface area contributed by atoms with E-state index < -0.39 is 0 Å². The number of piperidine rings is 1. The molecule has 1 saturated heterocycles. The van der Waals surface area contributed by atoms with E-state index in [4.69, 9.17) is 0 Å². The van der Waals surface area contributed by atoms with Crippen LogP contribution in [0.5, 0.6) is 0 Å². The first-order chi connectivity index (χ1) is 16.2. The smallest absolute Gasteiger partial charge is 0.272 e. The number of carbonyl (C=O) groups excluding carboxylic acids is 1. The number of benzene rings is 2. The van der Waals surface area contributed by atoms with Gasteiger partial charge >= 0.3 is 0 Å². The molecular formula is C29H35N3O. The first-order valence-corrected chi connectivity index (χ1v) is 12.2. The molecule has 0 bridgehead atoms. The largest absolute Gasteiger partial charge is 0.337 e. The number of aromatic nitrogens is 1. The number of likely N-dealkylation sites (tertiary alicyclic amines) is 1. The highest BCUT2D eigenvalue weighted by molar-refractivity contribution is 5.92. The van der Waals surface area contributed by atoms with Gasteiger partial charge in [0.2, 0.25) is 0 Å². The monoisotopic (exact) mass is 441 g/mol. The van der Waals surface area contributed by atoms with Gasteiger partial charge in [-0.15, -0.1) is 0 Å². The van der Waals surface area contributed by atoms with Crippen molar-refractivity contribution in [2.45, 2.75) is 38.1 Å². The van der Waals surface area contributed by atoms with Gasteiger partial charge in [0.25, 0.3) is 5.91 Å². The molecular weight excluding hydrogens is 406 g/mol. The van der Waals surface area contributed by atoms with Crippen LogP contribution in [-0.2, 0) is 12.8 Å². The van der Waals surface area contributed by atoms with Gasteiger partial charge in [-0.05, 0) is 80.9 Å². The summed E-state index contributed by atoms with van der Waals surface area (Å²) in [5.41, 5.74) is 3.23. The summed E-state index contributed by atoms with van der Waals surface area (Å²) in [6.45, 7) is 3.36. The van der Waals surface area contributed by atoms with E-state index in [2.05, 4.69) is 70.5 Å². The molecule has 1 unspecified atom stereocenters. The van der Waals surface area contributed by atoms with E-state index in [-0.39, 0.29) is 11.9 Å². The van der Waals surface area contributed by atoms with E-state index in [0.717, 1.165) is 45.3 Å². The summed E-state index contributed by atoms with van der Waals surface area (Å²) in [4.78, 5) is 22.1. The molecule has 0 spiro atoms. The van der Waals surface area contributed by atoms with Gasteiger partial charge in [0.05, 0.1) is 0 Å². The van der Waals surface area contributed by atoms with Crippen molar-refractivity contribution >= 4 is 5.91 Å². The normalized spacial score (nSPS) is 15.8. The van der Waals surface area contributed by atoms with Crippen LogP contribution in [0.15, 0.2) is 85.1 Å². The highest BCUT2D eigenvalue weighted by Gasteiger charge is 2.32. The number of likely N-dealkylation sites (N-methyl/N-ethyl adjacent to an activating group) is 1. The van der Waals surface area contributed by atoms with Crippen LogP contribution in [0.3, 0.4) is 0 Å². The second-order valence-corrected chi connectivity index (χ2v) is 9.16. The first-order valence-electron chi connectivity index (χ1n) is 12.2. The van der Waals surface area contributed by atoms with Crippen LogP contribution in [0.4, 0.5) is 0 Å². The molecule has 4 nitrogen and oxygen atoms in total. The van der Waals surface area contributed by atoms with Crippen LogP contribution in [0.1, 0.15) is 40.9 Å². The molecule has 0 aliphatic carbocycles. The van der Waals surface area contributed by atoms with Crippen LogP contribution in [0, 0.1) is 5.92 Å². The number of pyridine rings is 1. The third kappa shape index (κ3) is 6.52. The summed E-state index contributed by atoms with van der Waals surface area (Å²) in [5.74, 6) is 0.509. The minimum atomic E-state index is 0.0156. The lowest BCUT2D eigenvalue weighted by atomic mass is 9.84. The van der Waals surface area contributed by atoms with Gasteiger partial charge in [0.15, 0.2) is 0 Å². The zero-order valence-electron chi connectivity index (χ0n) is 19.6.